The smallest absolute Gasteiger partial charge is 0.262 e. The van der Waals surface area contributed by atoms with Crippen LogP contribution < -0.4 is 15.8 Å². The van der Waals surface area contributed by atoms with Crippen LogP contribution in [0.25, 0.3) is 0 Å². The van der Waals surface area contributed by atoms with E-state index in [9.17, 15) is 4.79 Å². The maximum atomic E-state index is 11.9. The summed E-state index contributed by atoms with van der Waals surface area (Å²) in [7, 11) is 0. The molecular formula is C16H18N2O2. The van der Waals surface area contributed by atoms with Gasteiger partial charge in [-0.25, -0.2) is 0 Å². The lowest BCUT2D eigenvalue weighted by molar-refractivity contribution is -0.118. The molecule has 3 N–H and O–H groups in total. The number of nitrogens with two attached hydrogens (primary N) is 1. The van der Waals surface area contributed by atoms with Gasteiger partial charge in [-0.15, -0.1) is 0 Å². The quantitative estimate of drug-likeness (QED) is 0.840. The molecule has 1 amide bonds. The van der Waals surface area contributed by atoms with Crippen molar-refractivity contribution in [1.82, 2.24) is 0 Å². The van der Waals surface area contributed by atoms with Crippen LogP contribution in [-0.2, 0) is 4.79 Å². The van der Waals surface area contributed by atoms with Crippen LogP contribution in [0.5, 0.6) is 5.75 Å². The van der Waals surface area contributed by atoms with Gasteiger partial charge in [0.15, 0.2) is 6.61 Å². The number of nitrogen functional groups attached to an aromatic ring is 1. The summed E-state index contributed by atoms with van der Waals surface area (Å²) in [6.07, 6.45) is 0. The Morgan fingerprint density at radius 1 is 1.15 bits per heavy atom. The van der Waals surface area contributed by atoms with Crippen LogP contribution in [0.4, 0.5) is 11.4 Å². The summed E-state index contributed by atoms with van der Waals surface area (Å²) in [5, 5.41) is 2.84. The molecule has 0 atom stereocenters. The molecule has 0 aromatic heterocycles. The molecule has 0 saturated heterocycles. The monoisotopic (exact) mass is 270 g/mol. The largest absolute Gasteiger partial charge is 0.482 e. The molecule has 0 radical (unpaired) electrons. The van der Waals surface area contributed by atoms with E-state index in [4.69, 9.17) is 10.5 Å². The van der Waals surface area contributed by atoms with Crippen molar-refractivity contribution in [3.8, 4) is 5.75 Å². The molecule has 0 bridgehead atoms. The second-order valence-corrected chi connectivity index (χ2v) is 4.62. The van der Waals surface area contributed by atoms with Crippen LogP contribution in [0, 0.1) is 13.8 Å². The maximum absolute atomic E-state index is 11.9. The Morgan fingerprint density at radius 3 is 2.65 bits per heavy atom. The molecule has 4 heteroatoms. The van der Waals surface area contributed by atoms with Crippen molar-refractivity contribution in [3.63, 3.8) is 0 Å². The van der Waals surface area contributed by atoms with E-state index in [1.165, 1.54) is 0 Å². The van der Waals surface area contributed by atoms with Gasteiger partial charge >= 0.3 is 0 Å². The normalized spacial score (nSPS) is 10.1. The highest BCUT2D eigenvalue weighted by molar-refractivity contribution is 5.92. The number of benzene rings is 2. The van der Waals surface area contributed by atoms with Crippen LogP contribution in [0.1, 0.15) is 11.1 Å². The summed E-state index contributed by atoms with van der Waals surface area (Å²) in [6, 6.07) is 12.9. The third kappa shape index (κ3) is 3.29. The van der Waals surface area contributed by atoms with E-state index in [1.54, 1.807) is 12.1 Å². The average Bonchev–Trinajstić information content (AvgIpc) is 2.43. The predicted octanol–water partition coefficient (Wildman–Crippen LogP) is 2.90. The van der Waals surface area contributed by atoms with Crippen molar-refractivity contribution in [2.75, 3.05) is 17.7 Å². The average molecular weight is 270 g/mol. The van der Waals surface area contributed by atoms with Crippen LogP contribution in [0.15, 0.2) is 42.5 Å². The number of amides is 1. The molecule has 0 fully saturated rings. The Morgan fingerprint density at radius 2 is 1.90 bits per heavy atom. The first-order chi connectivity index (χ1) is 9.58. The molecule has 104 valence electrons. The highest BCUT2D eigenvalue weighted by Crippen LogP contribution is 2.20. The SMILES string of the molecule is Cc1cccc(NC(=O)COc2ccccc2N)c1C. The molecule has 2 aromatic rings. The molecule has 20 heavy (non-hydrogen) atoms. The van der Waals surface area contributed by atoms with Gasteiger partial charge in [0, 0.05) is 5.69 Å². The number of aryl methyl sites for hydroxylation is 1. The van der Waals surface area contributed by atoms with Crippen LogP contribution in [0.3, 0.4) is 0 Å². The Balaban J connectivity index is 1.96. The molecule has 4 nitrogen and oxygen atoms in total. The summed E-state index contributed by atoms with van der Waals surface area (Å²) in [4.78, 5) is 11.9. The van der Waals surface area contributed by atoms with Crippen LogP contribution in [-0.4, -0.2) is 12.5 Å². The van der Waals surface area contributed by atoms with E-state index in [0.29, 0.717) is 11.4 Å². The van der Waals surface area contributed by atoms with Gasteiger partial charge in [-0.1, -0.05) is 24.3 Å². The zero-order valence-electron chi connectivity index (χ0n) is 11.6. The fraction of sp³-hybridized carbons (Fsp3) is 0.188. The summed E-state index contributed by atoms with van der Waals surface area (Å²) in [5.74, 6) is 0.311. The number of para-hydroxylation sites is 2. The third-order valence-corrected chi connectivity index (χ3v) is 3.16. The first kappa shape index (κ1) is 13.9. The molecule has 0 saturated carbocycles. The highest BCUT2D eigenvalue weighted by atomic mass is 16.5. The van der Waals surface area contributed by atoms with Gasteiger partial charge in [-0.05, 0) is 43.2 Å². The Labute approximate surface area is 118 Å². The molecular weight excluding hydrogens is 252 g/mol. The molecule has 0 aliphatic carbocycles. The van der Waals surface area contributed by atoms with E-state index >= 15 is 0 Å². The highest BCUT2D eigenvalue weighted by Gasteiger charge is 2.07. The fourth-order valence-corrected chi connectivity index (χ4v) is 1.83. The van der Waals surface area contributed by atoms with Crippen molar-refractivity contribution < 1.29 is 9.53 Å². The number of anilines is 2. The topological polar surface area (TPSA) is 64.3 Å². The Bertz CT molecular complexity index is 624. The number of hydrogen-bond acceptors (Lipinski definition) is 3. The lowest BCUT2D eigenvalue weighted by atomic mass is 10.1. The van der Waals surface area contributed by atoms with Crippen LogP contribution >= 0.6 is 0 Å². The first-order valence-electron chi connectivity index (χ1n) is 6.41. The Hall–Kier alpha value is -2.49. The minimum Gasteiger partial charge on any atom is -0.482 e. The van der Waals surface area contributed by atoms with Crippen molar-refractivity contribution in [2.45, 2.75) is 13.8 Å². The summed E-state index contributed by atoms with van der Waals surface area (Å²) in [5.41, 5.74) is 9.26. The number of carbonyl (C=O) groups excluding carboxylic acids is 1. The molecule has 2 rings (SSSR count). The van der Waals surface area contributed by atoms with Gasteiger partial charge in [0.05, 0.1) is 5.69 Å². The zero-order chi connectivity index (χ0) is 14.5. The first-order valence-corrected chi connectivity index (χ1v) is 6.41. The lowest BCUT2D eigenvalue weighted by Gasteiger charge is -2.11. The fourth-order valence-electron chi connectivity index (χ4n) is 1.83. The standard InChI is InChI=1S/C16H18N2O2/c1-11-6-5-8-14(12(11)2)18-16(19)10-20-15-9-4-3-7-13(15)17/h3-9H,10,17H2,1-2H3,(H,18,19). The second kappa shape index (κ2) is 6.10. The second-order valence-electron chi connectivity index (χ2n) is 4.62. The minimum absolute atomic E-state index is 0.0679. The van der Waals surface area contributed by atoms with Gasteiger partial charge < -0.3 is 15.8 Å². The van der Waals surface area contributed by atoms with E-state index in [-0.39, 0.29) is 12.5 Å². The molecule has 0 heterocycles. The van der Waals surface area contributed by atoms with Gasteiger partial charge in [-0.2, -0.15) is 0 Å². The van der Waals surface area contributed by atoms with Gasteiger partial charge in [0.25, 0.3) is 5.91 Å². The molecule has 0 aliphatic heterocycles. The number of rotatable bonds is 4. The van der Waals surface area contributed by atoms with E-state index in [1.807, 2.05) is 44.2 Å². The van der Waals surface area contributed by atoms with Crippen molar-refractivity contribution >= 4 is 17.3 Å². The van der Waals surface area contributed by atoms with E-state index in [0.717, 1.165) is 16.8 Å². The molecule has 0 spiro atoms. The number of carbonyl (C=O) groups is 1. The summed E-state index contributed by atoms with van der Waals surface area (Å²) in [6.45, 7) is 3.91. The molecule has 0 unspecified atom stereocenters. The molecule has 0 aliphatic rings. The van der Waals surface area contributed by atoms with Crippen molar-refractivity contribution in [1.29, 1.82) is 0 Å². The van der Waals surface area contributed by atoms with Gasteiger partial charge in [-0.3, -0.25) is 4.79 Å². The number of hydrogen-bond donors (Lipinski definition) is 2. The van der Waals surface area contributed by atoms with Crippen molar-refractivity contribution in [3.05, 3.63) is 53.6 Å². The number of ether oxygens (including phenoxy) is 1. The zero-order valence-corrected chi connectivity index (χ0v) is 11.6. The van der Waals surface area contributed by atoms with Gasteiger partial charge in [0.2, 0.25) is 0 Å². The van der Waals surface area contributed by atoms with E-state index in [2.05, 4.69) is 5.32 Å². The van der Waals surface area contributed by atoms with Crippen molar-refractivity contribution in [2.24, 2.45) is 0 Å². The molecule has 2 aromatic carbocycles. The maximum Gasteiger partial charge on any atom is 0.262 e. The summed E-state index contributed by atoms with van der Waals surface area (Å²) >= 11 is 0. The Kier molecular flexibility index (Phi) is 4.25. The summed E-state index contributed by atoms with van der Waals surface area (Å²) < 4.78 is 5.40. The predicted molar refractivity (Wildman–Crippen MR) is 80.9 cm³/mol. The lowest BCUT2D eigenvalue weighted by Crippen LogP contribution is -2.21. The minimum atomic E-state index is -0.207. The van der Waals surface area contributed by atoms with Crippen LogP contribution in [0.2, 0.25) is 0 Å². The van der Waals surface area contributed by atoms with E-state index < -0.39 is 0 Å². The van der Waals surface area contributed by atoms with Gasteiger partial charge in [0.1, 0.15) is 5.75 Å². The third-order valence-electron chi connectivity index (χ3n) is 3.16. The number of nitrogens with one attached hydrogen (secondary N) is 1.